The number of alkyl halides is 2. The summed E-state index contributed by atoms with van der Waals surface area (Å²) in [5, 5.41) is 6.29. The number of ether oxygens (including phenoxy) is 2. The summed E-state index contributed by atoms with van der Waals surface area (Å²) in [5.74, 6) is 1.56. The van der Waals surface area contributed by atoms with E-state index in [1.807, 2.05) is 0 Å². The average Bonchev–Trinajstić information content (AvgIpc) is 2.52. The molecule has 0 aliphatic carbocycles. The van der Waals surface area contributed by atoms with Crippen molar-refractivity contribution < 1.29 is 18.3 Å². The minimum Gasteiger partial charge on any atom is -0.490 e. The maximum absolute atomic E-state index is 12.7. The molecule has 0 spiro atoms. The maximum Gasteiger partial charge on any atom is 0.387 e. The van der Waals surface area contributed by atoms with Gasteiger partial charge in [0.05, 0.1) is 6.61 Å². The van der Waals surface area contributed by atoms with Gasteiger partial charge >= 0.3 is 6.61 Å². The van der Waals surface area contributed by atoms with E-state index in [2.05, 4.69) is 34.2 Å². The van der Waals surface area contributed by atoms with Crippen LogP contribution in [0.15, 0.2) is 23.2 Å². The molecule has 8 heteroatoms. The molecule has 0 aromatic heterocycles. The van der Waals surface area contributed by atoms with E-state index in [1.165, 1.54) is 0 Å². The lowest BCUT2D eigenvalue weighted by atomic mass is 10.1. The molecule has 0 saturated heterocycles. The molecule has 144 valence electrons. The van der Waals surface area contributed by atoms with Crippen LogP contribution in [0.5, 0.6) is 11.5 Å². The summed E-state index contributed by atoms with van der Waals surface area (Å²) in [4.78, 5) is 4.12. The van der Waals surface area contributed by atoms with E-state index in [4.69, 9.17) is 4.74 Å². The van der Waals surface area contributed by atoms with Gasteiger partial charge in [-0.25, -0.2) is 0 Å². The molecule has 0 fully saturated rings. The van der Waals surface area contributed by atoms with Crippen LogP contribution >= 0.6 is 24.0 Å². The molecule has 0 saturated carbocycles. The average molecular weight is 471 g/mol. The molecule has 5 nitrogen and oxygen atoms in total. The number of benzene rings is 1. The van der Waals surface area contributed by atoms with Gasteiger partial charge in [0.15, 0.2) is 17.5 Å². The van der Waals surface area contributed by atoms with Crippen molar-refractivity contribution in [2.75, 3.05) is 20.2 Å². The first-order chi connectivity index (χ1) is 11.5. The van der Waals surface area contributed by atoms with Crippen molar-refractivity contribution in [3.63, 3.8) is 0 Å². The summed E-state index contributed by atoms with van der Waals surface area (Å²) in [7, 11) is 1.66. The Labute approximate surface area is 165 Å². The third-order valence-electron chi connectivity index (χ3n) is 3.25. The predicted octanol–water partition coefficient (Wildman–Crippen LogP) is 4.02. The van der Waals surface area contributed by atoms with Crippen molar-refractivity contribution in [2.45, 2.75) is 40.3 Å². The summed E-state index contributed by atoms with van der Waals surface area (Å²) in [6.07, 6.45) is 1.01. The van der Waals surface area contributed by atoms with Crippen LogP contribution in [0.1, 0.15) is 32.8 Å². The number of guanidine groups is 1. The number of hydrogen-bond acceptors (Lipinski definition) is 3. The van der Waals surface area contributed by atoms with Gasteiger partial charge in [-0.05, 0) is 25.3 Å². The Bertz CT molecular complexity index is 529. The van der Waals surface area contributed by atoms with Gasteiger partial charge in [-0.1, -0.05) is 26.0 Å². The van der Waals surface area contributed by atoms with Crippen LogP contribution in [0.25, 0.3) is 0 Å². The molecule has 0 heterocycles. The fourth-order valence-corrected chi connectivity index (χ4v) is 2.07. The lowest BCUT2D eigenvalue weighted by molar-refractivity contribution is -0.0520. The number of nitrogens with one attached hydrogen (secondary N) is 2. The second-order valence-electron chi connectivity index (χ2n) is 5.59. The van der Waals surface area contributed by atoms with Gasteiger partial charge in [-0.3, -0.25) is 4.99 Å². The van der Waals surface area contributed by atoms with Crippen LogP contribution in [-0.2, 0) is 6.54 Å². The van der Waals surface area contributed by atoms with Gasteiger partial charge in [0.1, 0.15) is 0 Å². The van der Waals surface area contributed by atoms with Crippen molar-refractivity contribution in [3.05, 3.63) is 23.8 Å². The number of aliphatic imine (C=N–C) groups is 1. The highest BCUT2D eigenvalue weighted by Gasteiger charge is 2.15. The fourth-order valence-electron chi connectivity index (χ4n) is 2.07. The first-order valence-electron chi connectivity index (χ1n) is 8.11. The molecule has 0 unspecified atom stereocenters. The third kappa shape index (κ3) is 9.08. The van der Waals surface area contributed by atoms with Crippen LogP contribution in [0, 0.1) is 5.92 Å². The first kappa shape index (κ1) is 23.7. The monoisotopic (exact) mass is 471 g/mol. The molecule has 1 rings (SSSR count). The normalized spacial score (nSPS) is 11.3. The van der Waals surface area contributed by atoms with E-state index in [-0.39, 0.29) is 29.7 Å². The van der Waals surface area contributed by atoms with Crippen molar-refractivity contribution in [1.29, 1.82) is 0 Å². The second kappa shape index (κ2) is 13.0. The summed E-state index contributed by atoms with van der Waals surface area (Å²) in [6.45, 7) is 4.62. The molecule has 25 heavy (non-hydrogen) atoms. The molecule has 2 N–H and O–H groups in total. The third-order valence-corrected chi connectivity index (χ3v) is 3.25. The lowest BCUT2D eigenvalue weighted by Crippen LogP contribution is -2.37. The number of rotatable bonds is 9. The van der Waals surface area contributed by atoms with Crippen molar-refractivity contribution in [3.8, 4) is 11.5 Å². The molecule has 0 bridgehead atoms. The van der Waals surface area contributed by atoms with E-state index in [1.54, 1.807) is 32.2 Å². The standard InChI is InChI=1S/C17H27F2N3O2.HI/c1-5-23-14-8-6-7-13(15(14)24-16(18)19)11-22-17(20-4)21-10-9-12(2)3;/h6-8,12,16H,5,9-11H2,1-4H3,(H2,20,21,22);1H. The first-order valence-corrected chi connectivity index (χ1v) is 8.11. The minimum atomic E-state index is -2.91. The second-order valence-corrected chi connectivity index (χ2v) is 5.59. The van der Waals surface area contributed by atoms with Gasteiger partial charge in [-0.2, -0.15) is 8.78 Å². The van der Waals surface area contributed by atoms with E-state index < -0.39 is 6.61 Å². The zero-order valence-corrected chi connectivity index (χ0v) is 17.5. The summed E-state index contributed by atoms with van der Waals surface area (Å²) in [6, 6.07) is 5.07. The van der Waals surface area contributed by atoms with E-state index in [9.17, 15) is 8.78 Å². The number of para-hydroxylation sites is 1. The van der Waals surface area contributed by atoms with Crippen LogP contribution in [-0.4, -0.2) is 32.8 Å². The quantitative estimate of drug-likeness (QED) is 0.325. The lowest BCUT2D eigenvalue weighted by Gasteiger charge is -2.17. The molecule has 0 amide bonds. The molecule has 1 aromatic carbocycles. The predicted molar refractivity (Wildman–Crippen MR) is 107 cm³/mol. The van der Waals surface area contributed by atoms with Gasteiger partial charge in [0.2, 0.25) is 0 Å². The Hall–Kier alpha value is -1.32. The summed E-state index contributed by atoms with van der Waals surface area (Å²) in [5.41, 5.74) is 0.577. The van der Waals surface area contributed by atoms with Crippen molar-refractivity contribution in [1.82, 2.24) is 10.6 Å². The molecule has 0 radical (unpaired) electrons. The van der Waals surface area contributed by atoms with Crippen LogP contribution in [0.4, 0.5) is 8.78 Å². The summed E-state index contributed by atoms with van der Waals surface area (Å²) < 4.78 is 35.4. The minimum absolute atomic E-state index is 0. The van der Waals surface area contributed by atoms with Crippen molar-refractivity contribution in [2.24, 2.45) is 10.9 Å². The number of nitrogens with zero attached hydrogens (tertiary/aromatic N) is 1. The number of halogens is 3. The SMILES string of the molecule is CCOc1cccc(CNC(=NC)NCCC(C)C)c1OC(F)F.I. The molecule has 0 aliphatic rings. The number of hydrogen-bond donors (Lipinski definition) is 2. The highest BCUT2D eigenvalue weighted by molar-refractivity contribution is 14.0. The molecule has 0 aliphatic heterocycles. The Kier molecular flexibility index (Phi) is 12.3. The van der Waals surface area contributed by atoms with Crippen LogP contribution in [0.3, 0.4) is 0 Å². The van der Waals surface area contributed by atoms with Crippen LogP contribution in [0.2, 0.25) is 0 Å². The van der Waals surface area contributed by atoms with Gasteiger partial charge in [0.25, 0.3) is 0 Å². The van der Waals surface area contributed by atoms with E-state index in [0.29, 0.717) is 36.3 Å². The Morgan fingerprint density at radius 1 is 1.24 bits per heavy atom. The molecular formula is C17H28F2IN3O2. The van der Waals surface area contributed by atoms with Gasteiger partial charge in [-0.15, -0.1) is 24.0 Å². The molecular weight excluding hydrogens is 443 g/mol. The topological polar surface area (TPSA) is 54.9 Å². The zero-order chi connectivity index (χ0) is 17.9. The van der Waals surface area contributed by atoms with E-state index >= 15 is 0 Å². The van der Waals surface area contributed by atoms with Crippen molar-refractivity contribution >= 4 is 29.9 Å². The highest BCUT2D eigenvalue weighted by atomic mass is 127. The Balaban J connectivity index is 0.00000576. The summed E-state index contributed by atoms with van der Waals surface area (Å²) >= 11 is 0. The Morgan fingerprint density at radius 2 is 1.96 bits per heavy atom. The van der Waals surface area contributed by atoms with E-state index in [0.717, 1.165) is 13.0 Å². The van der Waals surface area contributed by atoms with Gasteiger partial charge in [0, 0.05) is 25.7 Å². The largest absolute Gasteiger partial charge is 0.490 e. The molecule has 0 atom stereocenters. The Morgan fingerprint density at radius 3 is 2.52 bits per heavy atom. The zero-order valence-electron chi connectivity index (χ0n) is 15.1. The molecule has 1 aromatic rings. The highest BCUT2D eigenvalue weighted by Crippen LogP contribution is 2.32. The maximum atomic E-state index is 12.7. The fraction of sp³-hybridized carbons (Fsp3) is 0.588. The smallest absolute Gasteiger partial charge is 0.387 e. The van der Waals surface area contributed by atoms with Gasteiger partial charge < -0.3 is 20.1 Å². The van der Waals surface area contributed by atoms with Crippen LogP contribution < -0.4 is 20.1 Å².